The molecule has 2 heterocycles. The van der Waals surface area contributed by atoms with Gasteiger partial charge in [0, 0.05) is 28.9 Å². The van der Waals surface area contributed by atoms with E-state index < -0.39 is 5.91 Å². The van der Waals surface area contributed by atoms with Crippen LogP contribution in [0.15, 0.2) is 54.2 Å². The molecule has 0 atom stereocenters. The molecule has 0 fully saturated rings. The molecule has 0 aliphatic rings. The van der Waals surface area contributed by atoms with E-state index in [0.29, 0.717) is 22.9 Å². The molecule has 1 aromatic carbocycles. The predicted octanol–water partition coefficient (Wildman–Crippen LogP) is 2.13. The number of hydroxylamine groups is 1. The van der Waals surface area contributed by atoms with Crippen molar-refractivity contribution in [2.75, 3.05) is 13.2 Å². The number of benzene rings is 1. The number of nitrogens with one attached hydrogen (secondary N) is 2. The highest BCUT2D eigenvalue weighted by Gasteiger charge is 2.11. The second kappa shape index (κ2) is 8.88. The summed E-state index contributed by atoms with van der Waals surface area (Å²) in [5.74, 6) is -0.310. The van der Waals surface area contributed by atoms with E-state index in [0.717, 1.165) is 11.3 Å². The van der Waals surface area contributed by atoms with Crippen LogP contribution in [0.3, 0.4) is 0 Å². The molecule has 27 heavy (non-hydrogen) atoms. The van der Waals surface area contributed by atoms with Crippen LogP contribution in [0.2, 0.25) is 0 Å². The van der Waals surface area contributed by atoms with Gasteiger partial charge in [0.25, 0.3) is 11.8 Å². The first-order valence-electron chi connectivity index (χ1n) is 7.99. The summed E-state index contributed by atoms with van der Waals surface area (Å²) in [6.45, 7) is 0.571. The van der Waals surface area contributed by atoms with Gasteiger partial charge < -0.3 is 10.1 Å². The molecule has 0 aliphatic heterocycles. The fraction of sp³-hybridized carbons (Fsp3) is 0.111. The van der Waals surface area contributed by atoms with Crippen LogP contribution in [0.5, 0.6) is 5.75 Å². The van der Waals surface area contributed by atoms with E-state index >= 15 is 0 Å². The maximum atomic E-state index is 12.2. The van der Waals surface area contributed by atoms with E-state index in [9.17, 15) is 9.59 Å². The minimum absolute atomic E-state index is 0.264. The lowest BCUT2D eigenvalue weighted by Crippen LogP contribution is -2.28. The first kappa shape index (κ1) is 18.5. The molecule has 2 aromatic heterocycles. The van der Waals surface area contributed by atoms with E-state index in [1.807, 2.05) is 17.5 Å². The summed E-state index contributed by atoms with van der Waals surface area (Å²) in [5, 5.41) is 13.5. The van der Waals surface area contributed by atoms with Crippen LogP contribution in [-0.2, 0) is 0 Å². The van der Waals surface area contributed by atoms with Crippen molar-refractivity contribution in [3.63, 3.8) is 0 Å². The van der Waals surface area contributed by atoms with Crippen LogP contribution in [0, 0.1) is 0 Å². The van der Waals surface area contributed by atoms with Crippen molar-refractivity contribution in [2.24, 2.45) is 0 Å². The van der Waals surface area contributed by atoms with Crippen molar-refractivity contribution in [3.05, 3.63) is 64.7 Å². The fourth-order valence-corrected chi connectivity index (χ4v) is 2.95. The number of rotatable bonds is 7. The molecule has 3 N–H and O–H groups in total. The number of thiazole rings is 1. The Balaban J connectivity index is 1.46. The number of aromatic nitrogens is 2. The van der Waals surface area contributed by atoms with Gasteiger partial charge in [0.05, 0.1) is 12.2 Å². The predicted molar refractivity (Wildman–Crippen MR) is 98.9 cm³/mol. The van der Waals surface area contributed by atoms with Gasteiger partial charge in [-0.15, -0.1) is 11.3 Å². The SMILES string of the molecule is O=C(NO)c1ccc(OCCNC(=O)c2nc(-c3ccncc3)cs2)cc1. The molecule has 0 unspecified atom stereocenters. The zero-order valence-corrected chi connectivity index (χ0v) is 14.9. The Morgan fingerprint density at radius 3 is 2.52 bits per heavy atom. The average molecular weight is 384 g/mol. The maximum Gasteiger partial charge on any atom is 0.280 e. The highest BCUT2D eigenvalue weighted by Crippen LogP contribution is 2.20. The summed E-state index contributed by atoms with van der Waals surface area (Å²) < 4.78 is 5.50. The summed E-state index contributed by atoms with van der Waals surface area (Å²) >= 11 is 1.27. The number of carbonyl (C=O) groups is 2. The third-order valence-corrected chi connectivity index (χ3v) is 4.39. The number of hydrogen-bond acceptors (Lipinski definition) is 7. The highest BCUT2D eigenvalue weighted by molar-refractivity contribution is 7.12. The standard InChI is InChI=1S/C18H16N4O4S/c23-16(22-25)13-1-3-14(4-2-13)26-10-9-20-17(24)18-21-15(11-27-18)12-5-7-19-8-6-12/h1-8,11,25H,9-10H2,(H,20,24)(H,22,23). The van der Waals surface area contributed by atoms with Crippen molar-refractivity contribution in [1.29, 1.82) is 0 Å². The van der Waals surface area contributed by atoms with Crippen molar-refractivity contribution < 1.29 is 19.5 Å². The molecule has 8 nitrogen and oxygen atoms in total. The number of nitrogens with zero attached hydrogens (tertiary/aromatic N) is 2. The first-order chi connectivity index (χ1) is 13.2. The van der Waals surface area contributed by atoms with Crippen LogP contribution in [0.1, 0.15) is 20.2 Å². The summed E-state index contributed by atoms with van der Waals surface area (Å²) in [5.41, 5.74) is 3.51. The van der Waals surface area contributed by atoms with Gasteiger partial charge in [-0.1, -0.05) is 0 Å². The molecule has 0 aliphatic carbocycles. The second-order valence-electron chi connectivity index (χ2n) is 5.34. The Kier molecular flexibility index (Phi) is 6.08. The number of hydrogen-bond donors (Lipinski definition) is 3. The Labute approximate surface area is 158 Å². The molecule has 9 heteroatoms. The van der Waals surface area contributed by atoms with Crippen molar-refractivity contribution in [3.8, 4) is 17.0 Å². The lowest BCUT2D eigenvalue weighted by atomic mass is 10.2. The van der Waals surface area contributed by atoms with Gasteiger partial charge in [0.15, 0.2) is 5.01 Å². The van der Waals surface area contributed by atoms with E-state index in [1.54, 1.807) is 30.0 Å². The Morgan fingerprint density at radius 2 is 1.81 bits per heavy atom. The quantitative estimate of drug-likeness (QED) is 0.327. The summed E-state index contributed by atoms with van der Waals surface area (Å²) in [4.78, 5) is 31.7. The Morgan fingerprint density at radius 1 is 1.07 bits per heavy atom. The maximum absolute atomic E-state index is 12.2. The number of amides is 2. The molecule has 0 saturated carbocycles. The summed E-state index contributed by atoms with van der Waals surface area (Å²) in [7, 11) is 0. The van der Waals surface area contributed by atoms with Gasteiger partial charge in [-0.3, -0.25) is 19.8 Å². The van der Waals surface area contributed by atoms with E-state index in [-0.39, 0.29) is 12.5 Å². The molecular formula is C18H16N4O4S. The van der Waals surface area contributed by atoms with Crippen LogP contribution < -0.4 is 15.5 Å². The molecule has 3 rings (SSSR count). The average Bonchev–Trinajstić information content (AvgIpc) is 3.22. The molecular weight excluding hydrogens is 368 g/mol. The Bertz CT molecular complexity index is 913. The Hall–Kier alpha value is -3.30. The molecule has 3 aromatic rings. The minimum atomic E-state index is -0.594. The second-order valence-corrected chi connectivity index (χ2v) is 6.20. The minimum Gasteiger partial charge on any atom is -0.492 e. The van der Waals surface area contributed by atoms with Gasteiger partial charge in [-0.2, -0.15) is 0 Å². The normalized spacial score (nSPS) is 10.3. The van der Waals surface area contributed by atoms with Crippen molar-refractivity contribution >= 4 is 23.2 Å². The fourth-order valence-electron chi connectivity index (χ4n) is 2.21. The third-order valence-electron chi connectivity index (χ3n) is 3.55. The van der Waals surface area contributed by atoms with E-state index in [4.69, 9.17) is 9.94 Å². The van der Waals surface area contributed by atoms with Gasteiger partial charge in [0.1, 0.15) is 12.4 Å². The molecule has 0 radical (unpaired) electrons. The zero-order chi connectivity index (χ0) is 19.1. The van der Waals surface area contributed by atoms with Gasteiger partial charge in [-0.05, 0) is 36.4 Å². The van der Waals surface area contributed by atoms with Crippen LogP contribution in [0.4, 0.5) is 0 Å². The monoisotopic (exact) mass is 384 g/mol. The van der Waals surface area contributed by atoms with Crippen molar-refractivity contribution in [1.82, 2.24) is 20.8 Å². The lowest BCUT2D eigenvalue weighted by Gasteiger charge is -2.07. The van der Waals surface area contributed by atoms with Gasteiger partial charge in [0.2, 0.25) is 0 Å². The first-order valence-corrected chi connectivity index (χ1v) is 8.87. The van der Waals surface area contributed by atoms with Crippen LogP contribution in [-0.4, -0.2) is 40.1 Å². The van der Waals surface area contributed by atoms with Crippen molar-refractivity contribution in [2.45, 2.75) is 0 Å². The molecule has 0 spiro atoms. The third kappa shape index (κ3) is 4.87. The van der Waals surface area contributed by atoms with Crippen LogP contribution in [0.25, 0.3) is 11.3 Å². The lowest BCUT2D eigenvalue weighted by molar-refractivity contribution is 0.0706. The smallest absolute Gasteiger partial charge is 0.280 e. The topological polar surface area (TPSA) is 113 Å². The number of ether oxygens (including phenoxy) is 1. The molecule has 138 valence electrons. The van der Waals surface area contributed by atoms with Gasteiger partial charge >= 0.3 is 0 Å². The van der Waals surface area contributed by atoms with Gasteiger partial charge in [-0.25, -0.2) is 10.5 Å². The van der Waals surface area contributed by atoms with E-state index in [2.05, 4.69) is 15.3 Å². The number of carbonyl (C=O) groups excluding carboxylic acids is 2. The number of pyridine rings is 1. The molecule has 0 saturated heterocycles. The largest absolute Gasteiger partial charge is 0.492 e. The summed E-state index contributed by atoms with van der Waals surface area (Å²) in [6, 6.07) is 9.92. The molecule has 2 amide bonds. The highest BCUT2D eigenvalue weighted by atomic mass is 32.1. The summed E-state index contributed by atoms with van der Waals surface area (Å²) in [6.07, 6.45) is 3.35. The van der Waals surface area contributed by atoms with E-state index in [1.165, 1.54) is 23.5 Å². The van der Waals surface area contributed by atoms with Crippen LogP contribution >= 0.6 is 11.3 Å². The zero-order valence-electron chi connectivity index (χ0n) is 14.1. The molecule has 0 bridgehead atoms.